The van der Waals surface area contributed by atoms with Crippen LogP contribution in [0.4, 0.5) is 5.82 Å². The van der Waals surface area contributed by atoms with Crippen molar-refractivity contribution in [3.63, 3.8) is 0 Å². The lowest BCUT2D eigenvalue weighted by atomic mass is 10.2. The second kappa shape index (κ2) is 7.58. The molecule has 0 spiro atoms. The fourth-order valence-corrected chi connectivity index (χ4v) is 1.51. The van der Waals surface area contributed by atoms with Gasteiger partial charge in [-0.25, -0.2) is 9.78 Å². The normalized spacial score (nSPS) is 10.5. The molecule has 0 aliphatic heterocycles. The predicted molar refractivity (Wildman–Crippen MR) is 73.3 cm³/mol. The van der Waals surface area contributed by atoms with Crippen molar-refractivity contribution in [1.29, 1.82) is 0 Å². The first-order valence-corrected chi connectivity index (χ1v) is 6.24. The molecule has 0 amide bonds. The Morgan fingerprint density at radius 2 is 2.21 bits per heavy atom. The van der Waals surface area contributed by atoms with Crippen molar-refractivity contribution in [1.82, 2.24) is 9.88 Å². The van der Waals surface area contributed by atoms with Crippen LogP contribution in [0.15, 0.2) is 12.3 Å². The van der Waals surface area contributed by atoms with Gasteiger partial charge in [0.1, 0.15) is 11.4 Å². The number of aromatic nitrogens is 1. The van der Waals surface area contributed by atoms with Crippen molar-refractivity contribution in [2.75, 3.05) is 39.6 Å². The van der Waals surface area contributed by atoms with E-state index in [2.05, 4.69) is 9.88 Å². The second-order valence-corrected chi connectivity index (χ2v) is 4.33. The highest BCUT2D eigenvalue weighted by atomic mass is 16.5. The van der Waals surface area contributed by atoms with Crippen molar-refractivity contribution in [2.24, 2.45) is 0 Å². The SMILES string of the molecule is CCOC(=O)c1cc(N)ncc1OCCCN(C)C. The number of nitrogen functional groups attached to an aromatic ring is 1. The minimum Gasteiger partial charge on any atom is -0.491 e. The predicted octanol–water partition coefficient (Wildman–Crippen LogP) is 1.17. The number of nitrogens with zero attached hydrogens (tertiary/aromatic N) is 2. The zero-order valence-corrected chi connectivity index (χ0v) is 11.7. The highest BCUT2D eigenvalue weighted by Crippen LogP contribution is 2.20. The number of rotatable bonds is 7. The molecule has 0 unspecified atom stereocenters. The Morgan fingerprint density at radius 1 is 1.47 bits per heavy atom. The highest BCUT2D eigenvalue weighted by Gasteiger charge is 2.15. The largest absolute Gasteiger partial charge is 0.491 e. The average Bonchev–Trinajstić information content (AvgIpc) is 2.36. The van der Waals surface area contributed by atoms with Gasteiger partial charge >= 0.3 is 5.97 Å². The maximum atomic E-state index is 11.8. The summed E-state index contributed by atoms with van der Waals surface area (Å²) in [4.78, 5) is 17.8. The molecule has 0 aliphatic rings. The summed E-state index contributed by atoms with van der Waals surface area (Å²) >= 11 is 0. The Hall–Kier alpha value is -1.82. The summed E-state index contributed by atoms with van der Waals surface area (Å²) in [5.74, 6) is 0.231. The van der Waals surface area contributed by atoms with E-state index in [-0.39, 0.29) is 5.82 Å². The van der Waals surface area contributed by atoms with Crippen molar-refractivity contribution in [2.45, 2.75) is 13.3 Å². The zero-order chi connectivity index (χ0) is 14.3. The first-order chi connectivity index (χ1) is 9.04. The maximum absolute atomic E-state index is 11.8. The molecular weight excluding hydrogens is 246 g/mol. The Balaban J connectivity index is 2.68. The zero-order valence-electron chi connectivity index (χ0n) is 11.7. The number of ether oxygens (including phenoxy) is 2. The number of carbonyl (C=O) groups is 1. The molecule has 0 saturated heterocycles. The van der Waals surface area contributed by atoms with Crippen LogP contribution in [0.25, 0.3) is 0 Å². The Bertz CT molecular complexity index is 422. The number of pyridine rings is 1. The molecule has 1 heterocycles. The lowest BCUT2D eigenvalue weighted by molar-refractivity contribution is 0.0521. The van der Waals surface area contributed by atoms with E-state index in [1.54, 1.807) is 6.92 Å². The van der Waals surface area contributed by atoms with E-state index in [0.29, 0.717) is 24.5 Å². The topological polar surface area (TPSA) is 77.7 Å². The first kappa shape index (κ1) is 15.2. The minimum absolute atomic E-state index is 0.267. The summed E-state index contributed by atoms with van der Waals surface area (Å²) in [5.41, 5.74) is 5.89. The van der Waals surface area contributed by atoms with E-state index >= 15 is 0 Å². The molecule has 1 aromatic heterocycles. The Labute approximate surface area is 113 Å². The number of hydrogen-bond acceptors (Lipinski definition) is 6. The fraction of sp³-hybridized carbons (Fsp3) is 0.538. The number of hydrogen-bond donors (Lipinski definition) is 1. The number of anilines is 1. The quantitative estimate of drug-likeness (QED) is 0.590. The average molecular weight is 267 g/mol. The van der Waals surface area contributed by atoms with E-state index in [0.717, 1.165) is 13.0 Å². The van der Waals surface area contributed by atoms with Gasteiger partial charge in [-0.2, -0.15) is 0 Å². The van der Waals surface area contributed by atoms with Crippen molar-refractivity contribution in [3.8, 4) is 5.75 Å². The van der Waals surface area contributed by atoms with Crippen LogP contribution in [0.5, 0.6) is 5.75 Å². The highest BCUT2D eigenvalue weighted by molar-refractivity contribution is 5.93. The lowest BCUT2D eigenvalue weighted by Gasteiger charge is -2.12. The summed E-state index contributed by atoms with van der Waals surface area (Å²) < 4.78 is 10.5. The molecule has 6 heteroatoms. The second-order valence-electron chi connectivity index (χ2n) is 4.33. The Kier molecular flexibility index (Phi) is 6.08. The molecule has 0 aliphatic carbocycles. The van der Waals surface area contributed by atoms with Gasteiger partial charge in [0.15, 0.2) is 5.75 Å². The van der Waals surface area contributed by atoms with Crippen LogP contribution in [-0.2, 0) is 4.74 Å². The molecular formula is C13H21N3O3. The van der Waals surface area contributed by atoms with E-state index in [9.17, 15) is 4.79 Å². The van der Waals surface area contributed by atoms with Gasteiger partial charge in [0, 0.05) is 6.54 Å². The van der Waals surface area contributed by atoms with Gasteiger partial charge in [0.25, 0.3) is 0 Å². The van der Waals surface area contributed by atoms with Gasteiger partial charge in [0.05, 0.1) is 19.4 Å². The Morgan fingerprint density at radius 3 is 2.84 bits per heavy atom. The monoisotopic (exact) mass is 267 g/mol. The van der Waals surface area contributed by atoms with E-state index in [1.807, 2.05) is 14.1 Å². The molecule has 1 rings (SSSR count). The molecule has 106 valence electrons. The van der Waals surface area contributed by atoms with Crippen LogP contribution in [-0.4, -0.2) is 49.7 Å². The number of esters is 1. The van der Waals surface area contributed by atoms with Gasteiger partial charge in [-0.3, -0.25) is 0 Å². The van der Waals surface area contributed by atoms with Gasteiger partial charge in [-0.15, -0.1) is 0 Å². The number of nitrogens with two attached hydrogens (primary N) is 1. The molecule has 0 bridgehead atoms. The van der Waals surface area contributed by atoms with Crippen LogP contribution in [0.1, 0.15) is 23.7 Å². The van der Waals surface area contributed by atoms with Gasteiger partial charge < -0.3 is 20.1 Å². The summed E-state index contributed by atoms with van der Waals surface area (Å²) in [6, 6.07) is 1.47. The van der Waals surface area contributed by atoms with Crippen LogP contribution < -0.4 is 10.5 Å². The molecule has 2 N–H and O–H groups in total. The molecule has 0 aromatic carbocycles. The van der Waals surface area contributed by atoms with E-state index < -0.39 is 5.97 Å². The van der Waals surface area contributed by atoms with Gasteiger partial charge in [0.2, 0.25) is 0 Å². The maximum Gasteiger partial charge on any atom is 0.342 e. The van der Waals surface area contributed by atoms with Crippen molar-refractivity contribution >= 4 is 11.8 Å². The standard InChI is InChI=1S/C13H21N3O3/c1-4-18-13(17)10-8-12(14)15-9-11(10)19-7-5-6-16(2)3/h8-9H,4-7H2,1-3H3,(H2,14,15). The third-order valence-corrected chi connectivity index (χ3v) is 2.39. The molecule has 19 heavy (non-hydrogen) atoms. The number of carbonyl (C=O) groups excluding carboxylic acids is 1. The minimum atomic E-state index is -0.445. The van der Waals surface area contributed by atoms with E-state index in [1.165, 1.54) is 12.3 Å². The third-order valence-electron chi connectivity index (χ3n) is 2.39. The molecule has 0 saturated carbocycles. The fourth-order valence-electron chi connectivity index (χ4n) is 1.51. The van der Waals surface area contributed by atoms with E-state index in [4.69, 9.17) is 15.2 Å². The molecule has 6 nitrogen and oxygen atoms in total. The molecule has 0 radical (unpaired) electrons. The summed E-state index contributed by atoms with van der Waals surface area (Å²) in [6.45, 7) is 3.48. The summed E-state index contributed by atoms with van der Waals surface area (Å²) in [5, 5.41) is 0. The molecule has 0 fully saturated rings. The summed E-state index contributed by atoms with van der Waals surface area (Å²) in [6.07, 6.45) is 2.32. The smallest absolute Gasteiger partial charge is 0.342 e. The first-order valence-electron chi connectivity index (χ1n) is 6.24. The molecule has 1 aromatic rings. The lowest BCUT2D eigenvalue weighted by Crippen LogP contribution is -2.16. The molecule has 0 atom stereocenters. The van der Waals surface area contributed by atoms with Crippen LogP contribution in [0.2, 0.25) is 0 Å². The van der Waals surface area contributed by atoms with Gasteiger partial charge in [-0.1, -0.05) is 0 Å². The van der Waals surface area contributed by atoms with Gasteiger partial charge in [-0.05, 0) is 33.5 Å². The van der Waals surface area contributed by atoms with Crippen LogP contribution in [0.3, 0.4) is 0 Å². The van der Waals surface area contributed by atoms with Crippen molar-refractivity contribution < 1.29 is 14.3 Å². The third kappa shape index (κ3) is 5.13. The summed E-state index contributed by atoms with van der Waals surface area (Å²) in [7, 11) is 3.99. The van der Waals surface area contributed by atoms with Crippen molar-refractivity contribution in [3.05, 3.63) is 17.8 Å². The van der Waals surface area contributed by atoms with Crippen LogP contribution in [0, 0.1) is 0 Å². The van der Waals surface area contributed by atoms with Crippen LogP contribution >= 0.6 is 0 Å².